The predicted octanol–water partition coefficient (Wildman–Crippen LogP) is 2.43. The number of piperidine rings is 1. The van der Waals surface area contributed by atoms with Crippen LogP contribution in [0.25, 0.3) is 0 Å². The van der Waals surface area contributed by atoms with Gasteiger partial charge in [-0.2, -0.15) is 0 Å². The first kappa shape index (κ1) is 15.0. The normalized spacial score (nSPS) is 21.4. The smallest absolute Gasteiger partial charge is 0.220 e. The van der Waals surface area contributed by atoms with Crippen LogP contribution >= 0.6 is 0 Å². The van der Waals surface area contributed by atoms with Gasteiger partial charge in [-0.05, 0) is 37.3 Å². The molecule has 3 heteroatoms. The SMILES string of the molecule is Cc1ccc(CCC(=O)NC2CCNCC2(C)C)cc1. The number of carbonyl (C=O) groups excluding carboxylic acids is 1. The van der Waals surface area contributed by atoms with Gasteiger partial charge in [0.1, 0.15) is 0 Å². The maximum absolute atomic E-state index is 12.1. The first-order valence-electron chi connectivity index (χ1n) is 7.53. The van der Waals surface area contributed by atoms with Crippen molar-refractivity contribution in [3.63, 3.8) is 0 Å². The second kappa shape index (κ2) is 6.40. The topological polar surface area (TPSA) is 41.1 Å². The van der Waals surface area contributed by atoms with Crippen LogP contribution in [0, 0.1) is 12.3 Å². The quantitative estimate of drug-likeness (QED) is 0.885. The molecule has 1 atom stereocenters. The summed E-state index contributed by atoms with van der Waals surface area (Å²) in [5.41, 5.74) is 2.63. The Morgan fingerprint density at radius 1 is 1.35 bits per heavy atom. The minimum absolute atomic E-state index is 0.137. The Morgan fingerprint density at radius 3 is 2.70 bits per heavy atom. The third-order valence-electron chi connectivity index (χ3n) is 4.23. The lowest BCUT2D eigenvalue weighted by Crippen LogP contribution is -2.54. The molecule has 1 aromatic carbocycles. The molecule has 20 heavy (non-hydrogen) atoms. The first-order valence-corrected chi connectivity index (χ1v) is 7.53. The fourth-order valence-corrected chi connectivity index (χ4v) is 2.72. The van der Waals surface area contributed by atoms with Gasteiger partial charge in [0.25, 0.3) is 0 Å². The molecular weight excluding hydrogens is 248 g/mol. The largest absolute Gasteiger partial charge is 0.353 e. The molecule has 1 aliphatic heterocycles. The summed E-state index contributed by atoms with van der Waals surface area (Å²) in [6.07, 6.45) is 2.41. The van der Waals surface area contributed by atoms with Gasteiger partial charge in [0.15, 0.2) is 0 Å². The molecule has 1 unspecified atom stereocenters. The molecule has 0 bridgehead atoms. The number of rotatable bonds is 4. The van der Waals surface area contributed by atoms with Gasteiger partial charge >= 0.3 is 0 Å². The summed E-state index contributed by atoms with van der Waals surface area (Å²) in [6.45, 7) is 8.46. The maximum Gasteiger partial charge on any atom is 0.220 e. The number of carbonyl (C=O) groups is 1. The average Bonchev–Trinajstić information content (AvgIpc) is 2.40. The van der Waals surface area contributed by atoms with Gasteiger partial charge in [-0.3, -0.25) is 4.79 Å². The number of amides is 1. The van der Waals surface area contributed by atoms with Crippen molar-refractivity contribution in [1.29, 1.82) is 0 Å². The van der Waals surface area contributed by atoms with Gasteiger partial charge in [-0.25, -0.2) is 0 Å². The van der Waals surface area contributed by atoms with Crippen LogP contribution < -0.4 is 10.6 Å². The Kier molecular flexibility index (Phi) is 4.81. The van der Waals surface area contributed by atoms with Gasteiger partial charge in [0.2, 0.25) is 5.91 Å². The molecule has 1 fully saturated rings. The fourth-order valence-electron chi connectivity index (χ4n) is 2.72. The molecule has 0 spiro atoms. The van der Waals surface area contributed by atoms with Crippen molar-refractivity contribution in [3.05, 3.63) is 35.4 Å². The zero-order valence-corrected chi connectivity index (χ0v) is 12.8. The molecule has 2 rings (SSSR count). The summed E-state index contributed by atoms with van der Waals surface area (Å²) in [7, 11) is 0. The van der Waals surface area contributed by atoms with Crippen molar-refractivity contribution in [2.45, 2.75) is 46.1 Å². The van der Waals surface area contributed by atoms with Crippen LogP contribution in [0.1, 0.15) is 37.8 Å². The fraction of sp³-hybridized carbons (Fsp3) is 0.588. The molecule has 0 aromatic heterocycles. The van der Waals surface area contributed by atoms with E-state index in [-0.39, 0.29) is 17.4 Å². The standard InChI is InChI=1S/C17H26N2O/c1-13-4-6-14(7-5-13)8-9-16(20)19-15-10-11-18-12-17(15,2)3/h4-7,15,18H,8-12H2,1-3H3,(H,19,20). The number of hydrogen-bond donors (Lipinski definition) is 2. The average molecular weight is 274 g/mol. The van der Waals surface area contributed by atoms with E-state index >= 15 is 0 Å². The van der Waals surface area contributed by atoms with E-state index in [1.54, 1.807) is 0 Å². The summed E-state index contributed by atoms with van der Waals surface area (Å²) in [6, 6.07) is 8.70. The van der Waals surface area contributed by atoms with Crippen molar-refractivity contribution in [2.75, 3.05) is 13.1 Å². The van der Waals surface area contributed by atoms with E-state index in [0.29, 0.717) is 6.42 Å². The number of benzene rings is 1. The van der Waals surface area contributed by atoms with E-state index in [1.165, 1.54) is 11.1 Å². The van der Waals surface area contributed by atoms with Gasteiger partial charge in [-0.1, -0.05) is 43.7 Å². The summed E-state index contributed by atoms with van der Waals surface area (Å²) < 4.78 is 0. The molecule has 0 aliphatic carbocycles. The van der Waals surface area contributed by atoms with Crippen LogP contribution in [0.15, 0.2) is 24.3 Å². The maximum atomic E-state index is 12.1. The van der Waals surface area contributed by atoms with Crippen molar-refractivity contribution in [3.8, 4) is 0 Å². The summed E-state index contributed by atoms with van der Waals surface area (Å²) in [5.74, 6) is 0.172. The molecule has 1 saturated heterocycles. The zero-order chi connectivity index (χ0) is 14.6. The van der Waals surface area contributed by atoms with E-state index in [0.717, 1.165) is 25.9 Å². The molecule has 1 aromatic rings. The molecular formula is C17H26N2O. The van der Waals surface area contributed by atoms with E-state index in [4.69, 9.17) is 0 Å². The lowest BCUT2D eigenvalue weighted by molar-refractivity contribution is -0.122. The first-order chi connectivity index (χ1) is 9.47. The monoisotopic (exact) mass is 274 g/mol. The lowest BCUT2D eigenvalue weighted by atomic mass is 9.80. The third kappa shape index (κ3) is 4.07. The van der Waals surface area contributed by atoms with Crippen molar-refractivity contribution in [1.82, 2.24) is 10.6 Å². The highest BCUT2D eigenvalue weighted by Crippen LogP contribution is 2.25. The predicted molar refractivity (Wildman–Crippen MR) is 82.7 cm³/mol. The minimum atomic E-state index is 0.137. The van der Waals surface area contributed by atoms with Crippen LogP contribution in [-0.2, 0) is 11.2 Å². The molecule has 1 amide bonds. The van der Waals surface area contributed by atoms with Gasteiger partial charge in [0.05, 0.1) is 0 Å². The van der Waals surface area contributed by atoms with E-state index < -0.39 is 0 Å². The van der Waals surface area contributed by atoms with Gasteiger partial charge < -0.3 is 10.6 Å². The lowest BCUT2D eigenvalue weighted by Gasteiger charge is -2.39. The minimum Gasteiger partial charge on any atom is -0.353 e. The zero-order valence-electron chi connectivity index (χ0n) is 12.8. The van der Waals surface area contributed by atoms with Crippen LogP contribution in [0.3, 0.4) is 0 Å². The Labute approximate surface area is 122 Å². The van der Waals surface area contributed by atoms with Crippen molar-refractivity contribution >= 4 is 5.91 Å². The van der Waals surface area contributed by atoms with E-state index in [1.807, 2.05) is 0 Å². The number of aryl methyl sites for hydroxylation is 2. The van der Waals surface area contributed by atoms with Crippen molar-refractivity contribution < 1.29 is 4.79 Å². The molecule has 0 saturated carbocycles. The van der Waals surface area contributed by atoms with Gasteiger partial charge in [-0.15, -0.1) is 0 Å². The highest BCUT2D eigenvalue weighted by molar-refractivity contribution is 5.76. The summed E-state index contributed by atoms with van der Waals surface area (Å²) in [5, 5.41) is 6.60. The number of hydrogen-bond acceptors (Lipinski definition) is 2. The Bertz CT molecular complexity index is 451. The van der Waals surface area contributed by atoms with Crippen LogP contribution in [0.2, 0.25) is 0 Å². The van der Waals surface area contributed by atoms with Crippen LogP contribution in [0.5, 0.6) is 0 Å². The van der Waals surface area contributed by atoms with Crippen molar-refractivity contribution in [2.24, 2.45) is 5.41 Å². The van der Waals surface area contributed by atoms with Crippen LogP contribution in [-0.4, -0.2) is 25.0 Å². The molecule has 3 nitrogen and oxygen atoms in total. The number of nitrogens with one attached hydrogen (secondary N) is 2. The highest BCUT2D eigenvalue weighted by Gasteiger charge is 2.32. The molecule has 1 aliphatic rings. The Hall–Kier alpha value is -1.35. The van der Waals surface area contributed by atoms with Crippen LogP contribution in [0.4, 0.5) is 0 Å². The Balaban J connectivity index is 1.81. The molecule has 0 radical (unpaired) electrons. The second-order valence-corrected chi connectivity index (χ2v) is 6.56. The molecule has 1 heterocycles. The summed E-state index contributed by atoms with van der Waals surface area (Å²) >= 11 is 0. The summed E-state index contributed by atoms with van der Waals surface area (Å²) in [4.78, 5) is 12.1. The molecule has 2 N–H and O–H groups in total. The Morgan fingerprint density at radius 2 is 2.05 bits per heavy atom. The van der Waals surface area contributed by atoms with E-state index in [2.05, 4.69) is 55.7 Å². The third-order valence-corrected chi connectivity index (χ3v) is 4.23. The van der Waals surface area contributed by atoms with Gasteiger partial charge in [0, 0.05) is 19.0 Å². The second-order valence-electron chi connectivity index (χ2n) is 6.56. The highest BCUT2D eigenvalue weighted by atomic mass is 16.1. The van der Waals surface area contributed by atoms with E-state index in [9.17, 15) is 4.79 Å². The molecule has 110 valence electrons.